The van der Waals surface area contributed by atoms with Crippen LogP contribution in [-0.4, -0.2) is 41.2 Å². The summed E-state index contributed by atoms with van der Waals surface area (Å²) in [5, 5.41) is 3.01. The SMILES string of the molecule is CC(C)Oc1ccc(NC(=O)[C@H]2C[C@H]3CC[C@H]2N(C(=O)OC(C)(C)C)C3)cc1. The summed E-state index contributed by atoms with van der Waals surface area (Å²) in [4.78, 5) is 27.3. The molecule has 2 bridgehead atoms. The molecule has 28 heavy (non-hydrogen) atoms. The van der Waals surface area contributed by atoms with Gasteiger partial charge in [0.1, 0.15) is 11.4 Å². The first-order chi connectivity index (χ1) is 13.1. The number of benzene rings is 1. The minimum atomic E-state index is -0.536. The Bertz CT molecular complexity index is 708. The number of rotatable bonds is 4. The quantitative estimate of drug-likeness (QED) is 0.827. The number of piperidine rings is 2. The van der Waals surface area contributed by atoms with E-state index in [0.717, 1.165) is 30.7 Å². The Hall–Kier alpha value is -2.24. The van der Waals surface area contributed by atoms with Crippen molar-refractivity contribution in [1.29, 1.82) is 0 Å². The first-order valence-corrected chi connectivity index (χ1v) is 10.2. The molecule has 0 spiro atoms. The Labute approximate surface area is 167 Å². The van der Waals surface area contributed by atoms with E-state index in [0.29, 0.717) is 12.5 Å². The number of ether oxygens (including phenoxy) is 2. The van der Waals surface area contributed by atoms with Gasteiger partial charge < -0.3 is 19.7 Å². The molecule has 0 aromatic heterocycles. The van der Waals surface area contributed by atoms with Crippen molar-refractivity contribution in [2.75, 3.05) is 11.9 Å². The van der Waals surface area contributed by atoms with E-state index in [4.69, 9.17) is 9.47 Å². The molecular formula is C22H32N2O4. The molecule has 2 aliphatic heterocycles. The van der Waals surface area contributed by atoms with Gasteiger partial charge in [-0.25, -0.2) is 4.79 Å². The Balaban J connectivity index is 1.65. The van der Waals surface area contributed by atoms with Crippen LogP contribution < -0.4 is 10.1 Å². The average Bonchev–Trinajstić information content (AvgIpc) is 2.61. The first-order valence-electron chi connectivity index (χ1n) is 10.2. The van der Waals surface area contributed by atoms with Crippen LogP contribution in [0.3, 0.4) is 0 Å². The topological polar surface area (TPSA) is 67.9 Å². The van der Waals surface area contributed by atoms with Crippen molar-refractivity contribution in [3.63, 3.8) is 0 Å². The number of amides is 2. The fourth-order valence-electron chi connectivity index (χ4n) is 4.13. The fraction of sp³-hybridized carbons (Fsp3) is 0.636. The number of anilines is 1. The molecule has 3 atom stereocenters. The number of nitrogens with zero attached hydrogens (tertiary/aromatic N) is 1. The van der Waals surface area contributed by atoms with Crippen molar-refractivity contribution in [3.8, 4) is 5.75 Å². The average molecular weight is 389 g/mol. The third-order valence-electron chi connectivity index (χ3n) is 5.24. The second-order valence-corrected chi connectivity index (χ2v) is 9.17. The Morgan fingerprint density at radius 3 is 2.39 bits per heavy atom. The first kappa shape index (κ1) is 20.5. The molecule has 1 N–H and O–H groups in total. The lowest BCUT2D eigenvalue weighted by atomic mass is 9.72. The molecule has 4 rings (SSSR count). The fourth-order valence-corrected chi connectivity index (χ4v) is 4.13. The molecule has 154 valence electrons. The maximum Gasteiger partial charge on any atom is 0.410 e. The maximum atomic E-state index is 13.0. The number of carbonyl (C=O) groups excluding carboxylic acids is 2. The normalized spacial score (nSPS) is 24.2. The molecule has 6 heteroatoms. The lowest BCUT2D eigenvalue weighted by molar-refractivity contribution is -0.126. The Kier molecular flexibility index (Phi) is 5.87. The van der Waals surface area contributed by atoms with Crippen LogP contribution in [0.1, 0.15) is 53.9 Å². The van der Waals surface area contributed by atoms with Gasteiger partial charge in [0.2, 0.25) is 5.91 Å². The zero-order chi connectivity index (χ0) is 20.5. The van der Waals surface area contributed by atoms with Crippen LogP contribution in [-0.2, 0) is 9.53 Å². The van der Waals surface area contributed by atoms with E-state index < -0.39 is 5.60 Å². The largest absolute Gasteiger partial charge is 0.491 e. The molecule has 2 heterocycles. The molecule has 0 unspecified atom stereocenters. The highest BCUT2D eigenvalue weighted by Gasteiger charge is 2.46. The summed E-state index contributed by atoms with van der Waals surface area (Å²) in [6, 6.07) is 7.32. The number of nitrogens with one attached hydrogen (secondary N) is 1. The molecule has 3 fully saturated rings. The van der Waals surface area contributed by atoms with Crippen LogP contribution in [0.25, 0.3) is 0 Å². The van der Waals surface area contributed by atoms with Gasteiger partial charge >= 0.3 is 6.09 Å². The maximum absolute atomic E-state index is 13.0. The number of hydrogen-bond acceptors (Lipinski definition) is 4. The summed E-state index contributed by atoms with van der Waals surface area (Å²) in [5.74, 6) is 0.906. The van der Waals surface area contributed by atoms with E-state index in [9.17, 15) is 9.59 Å². The van der Waals surface area contributed by atoms with Gasteiger partial charge in [0.05, 0.1) is 12.0 Å². The molecular weight excluding hydrogens is 356 g/mol. The number of fused-ring (bicyclic) bond motifs is 3. The second-order valence-electron chi connectivity index (χ2n) is 9.17. The summed E-state index contributed by atoms with van der Waals surface area (Å²) in [7, 11) is 0. The van der Waals surface area contributed by atoms with Crippen LogP contribution in [0.2, 0.25) is 0 Å². The molecule has 1 aromatic carbocycles. The van der Waals surface area contributed by atoms with Gasteiger partial charge in [-0.1, -0.05) is 0 Å². The summed E-state index contributed by atoms with van der Waals surface area (Å²) in [6.45, 7) is 10.2. The van der Waals surface area contributed by atoms with Crippen molar-refractivity contribution < 1.29 is 19.1 Å². The Morgan fingerprint density at radius 1 is 1.14 bits per heavy atom. The zero-order valence-corrected chi connectivity index (χ0v) is 17.5. The highest BCUT2D eigenvalue weighted by atomic mass is 16.6. The molecule has 2 amide bonds. The van der Waals surface area contributed by atoms with Crippen molar-refractivity contribution in [2.24, 2.45) is 11.8 Å². The summed E-state index contributed by atoms with van der Waals surface area (Å²) >= 11 is 0. The van der Waals surface area contributed by atoms with Crippen LogP contribution in [0, 0.1) is 11.8 Å². The predicted molar refractivity (Wildman–Crippen MR) is 108 cm³/mol. The van der Waals surface area contributed by atoms with Gasteiger partial charge in [0, 0.05) is 18.3 Å². The number of hydrogen-bond donors (Lipinski definition) is 1. The lowest BCUT2D eigenvalue weighted by Crippen LogP contribution is -2.58. The van der Waals surface area contributed by atoms with Gasteiger partial charge in [-0.2, -0.15) is 0 Å². The van der Waals surface area contributed by atoms with Gasteiger partial charge in [-0.05, 0) is 84.1 Å². The molecule has 3 aliphatic rings. The Morgan fingerprint density at radius 2 is 1.82 bits per heavy atom. The standard InChI is InChI=1S/C22H32N2O4/c1-14(2)27-17-9-7-16(8-10-17)23-20(25)18-12-15-6-11-19(18)24(13-15)21(26)28-22(3,4)5/h7-10,14-15,18-19H,6,11-13H2,1-5H3,(H,23,25)/t15-,18+,19-/m1/s1. The van der Waals surface area contributed by atoms with Crippen LogP contribution in [0.15, 0.2) is 24.3 Å². The van der Waals surface area contributed by atoms with Crippen molar-refractivity contribution in [1.82, 2.24) is 4.90 Å². The smallest absolute Gasteiger partial charge is 0.410 e. The summed E-state index contributed by atoms with van der Waals surface area (Å²) in [5.41, 5.74) is 0.206. The number of carbonyl (C=O) groups is 2. The van der Waals surface area contributed by atoms with E-state index >= 15 is 0 Å². The van der Waals surface area contributed by atoms with Crippen molar-refractivity contribution in [2.45, 2.75) is 71.6 Å². The van der Waals surface area contributed by atoms with E-state index in [1.165, 1.54) is 0 Å². The zero-order valence-electron chi connectivity index (χ0n) is 17.5. The lowest BCUT2D eigenvalue weighted by Gasteiger charge is -2.49. The van der Waals surface area contributed by atoms with E-state index in [1.807, 2.05) is 58.9 Å². The van der Waals surface area contributed by atoms with E-state index in [2.05, 4.69) is 5.32 Å². The van der Waals surface area contributed by atoms with Crippen molar-refractivity contribution >= 4 is 17.7 Å². The monoisotopic (exact) mass is 388 g/mol. The predicted octanol–water partition coefficient (Wildman–Crippen LogP) is 4.45. The molecule has 2 saturated heterocycles. The molecule has 1 aliphatic carbocycles. The third kappa shape index (κ3) is 4.97. The molecule has 1 saturated carbocycles. The molecule has 1 aromatic rings. The minimum absolute atomic E-state index is 0.0273. The highest BCUT2D eigenvalue weighted by Crippen LogP contribution is 2.40. The van der Waals surface area contributed by atoms with Crippen LogP contribution >= 0.6 is 0 Å². The summed E-state index contributed by atoms with van der Waals surface area (Å²) < 4.78 is 11.2. The highest BCUT2D eigenvalue weighted by molar-refractivity contribution is 5.93. The van der Waals surface area contributed by atoms with Crippen LogP contribution in [0.5, 0.6) is 5.75 Å². The van der Waals surface area contributed by atoms with Gasteiger partial charge in [0.15, 0.2) is 0 Å². The third-order valence-corrected chi connectivity index (χ3v) is 5.24. The summed E-state index contributed by atoms with van der Waals surface area (Å²) in [6.07, 6.45) is 2.54. The second kappa shape index (κ2) is 8.02. The van der Waals surface area contributed by atoms with Gasteiger partial charge in [0.25, 0.3) is 0 Å². The molecule has 0 radical (unpaired) electrons. The van der Waals surface area contributed by atoms with Gasteiger partial charge in [-0.15, -0.1) is 0 Å². The molecule has 6 nitrogen and oxygen atoms in total. The van der Waals surface area contributed by atoms with E-state index in [-0.39, 0.29) is 30.1 Å². The van der Waals surface area contributed by atoms with E-state index in [1.54, 1.807) is 4.90 Å². The van der Waals surface area contributed by atoms with Crippen LogP contribution in [0.4, 0.5) is 10.5 Å². The minimum Gasteiger partial charge on any atom is -0.491 e. The van der Waals surface area contributed by atoms with Gasteiger partial charge in [-0.3, -0.25) is 4.79 Å². The van der Waals surface area contributed by atoms with Crippen molar-refractivity contribution in [3.05, 3.63) is 24.3 Å².